The Labute approximate surface area is 186 Å². The first-order valence-corrected chi connectivity index (χ1v) is 11.6. The molecule has 1 aromatic carbocycles. The van der Waals surface area contributed by atoms with Crippen molar-refractivity contribution < 1.29 is 0 Å². The molecule has 0 radical (unpaired) electrons. The number of benzene rings is 1. The third kappa shape index (κ3) is 3.26. The molecule has 3 aromatic heterocycles. The van der Waals surface area contributed by atoms with E-state index in [2.05, 4.69) is 62.6 Å². The van der Waals surface area contributed by atoms with E-state index in [-0.39, 0.29) is 5.56 Å². The van der Waals surface area contributed by atoms with Crippen LogP contribution in [0.5, 0.6) is 0 Å². The number of thiophene rings is 1. The van der Waals surface area contributed by atoms with Crippen molar-refractivity contribution in [1.29, 1.82) is 0 Å². The van der Waals surface area contributed by atoms with Crippen LogP contribution in [0, 0.1) is 13.8 Å². The molecule has 0 saturated carbocycles. The zero-order valence-electron chi connectivity index (χ0n) is 16.9. The standard InChI is InChI=1S/C23H21BrN4OS/c1-14-10-16(15(2)28(14)18-7-5-6-17(24)11-18)12-26-27-13-25-22-21(23(27)29)19-8-3-4-9-20(19)30-22/h5-7,10-13H,3-4,8-9H2,1-2H3/b26-12+. The highest BCUT2D eigenvalue weighted by atomic mass is 79.9. The molecular formula is C23H21BrN4OS. The van der Waals surface area contributed by atoms with Gasteiger partial charge in [-0.15, -0.1) is 11.3 Å². The van der Waals surface area contributed by atoms with Gasteiger partial charge in [0.1, 0.15) is 11.2 Å². The summed E-state index contributed by atoms with van der Waals surface area (Å²) in [6, 6.07) is 10.3. The summed E-state index contributed by atoms with van der Waals surface area (Å²) in [6.45, 7) is 4.14. The fourth-order valence-electron chi connectivity index (χ4n) is 4.27. The van der Waals surface area contributed by atoms with E-state index in [1.165, 1.54) is 27.9 Å². The van der Waals surface area contributed by atoms with Gasteiger partial charge in [0.15, 0.2) is 0 Å². The summed E-state index contributed by atoms with van der Waals surface area (Å²) in [5.74, 6) is 0. The van der Waals surface area contributed by atoms with Crippen LogP contribution >= 0.6 is 27.3 Å². The molecule has 0 unspecified atom stereocenters. The van der Waals surface area contributed by atoms with Crippen molar-refractivity contribution in [2.45, 2.75) is 39.5 Å². The van der Waals surface area contributed by atoms with Gasteiger partial charge in [-0.1, -0.05) is 22.0 Å². The molecule has 4 aromatic rings. The molecule has 0 atom stereocenters. The highest BCUT2D eigenvalue weighted by Crippen LogP contribution is 2.33. The fourth-order valence-corrected chi connectivity index (χ4v) is 5.88. The van der Waals surface area contributed by atoms with Crippen LogP contribution in [0.25, 0.3) is 15.9 Å². The highest BCUT2D eigenvalue weighted by molar-refractivity contribution is 9.10. The third-order valence-corrected chi connectivity index (χ3v) is 7.41. The van der Waals surface area contributed by atoms with Gasteiger partial charge in [-0.2, -0.15) is 9.78 Å². The number of aryl methyl sites for hydroxylation is 3. The predicted molar refractivity (Wildman–Crippen MR) is 126 cm³/mol. The maximum Gasteiger partial charge on any atom is 0.282 e. The van der Waals surface area contributed by atoms with Gasteiger partial charge >= 0.3 is 0 Å². The lowest BCUT2D eigenvalue weighted by Crippen LogP contribution is -2.18. The van der Waals surface area contributed by atoms with Gasteiger partial charge in [-0.3, -0.25) is 4.79 Å². The van der Waals surface area contributed by atoms with E-state index in [1.807, 2.05) is 12.1 Å². The Hall–Kier alpha value is -2.51. The first-order valence-electron chi connectivity index (χ1n) is 10.0. The number of rotatable bonds is 3. The molecule has 0 amide bonds. The van der Waals surface area contributed by atoms with Gasteiger partial charge in [0.05, 0.1) is 11.6 Å². The van der Waals surface area contributed by atoms with E-state index >= 15 is 0 Å². The Morgan fingerprint density at radius 2 is 2.03 bits per heavy atom. The van der Waals surface area contributed by atoms with Crippen LogP contribution in [0.1, 0.15) is 40.2 Å². The average molecular weight is 481 g/mol. The van der Waals surface area contributed by atoms with Crippen molar-refractivity contribution in [2.24, 2.45) is 5.10 Å². The van der Waals surface area contributed by atoms with Gasteiger partial charge in [-0.25, -0.2) is 4.98 Å². The lowest BCUT2D eigenvalue weighted by Gasteiger charge is -2.10. The number of hydrogen-bond donors (Lipinski definition) is 0. The van der Waals surface area contributed by atoms with E-state index in [4.69, 9.17) is 0 Å². The molecule has 0 saturated heterocycles. The quantitative estimate of drug-likeness (QED) is 0.369. The predicted octanol–water partition coefficient (Wildman–Crippen LogP) is 5.39. The first-order chi connectivity index (χ1) is 14.5. The van der Waals surface area contributed by atoms with Crippen LogP contribution in [-0.2, 0) is 12.8 Å². The molecule has 0 N–H and O–H groups in total. The Morgan fingerprint density at radius 3 is 2.87 bits per heavy atom. The summed E-state index contributed by atoms with van der Waals surface area (Å²) in [5, 5.41) is 5.24. The lowest BCUT2D eigenvalue weighted by molar-refractivity contribution is 0.699. The van der Waals surface area contributed by atoms with Crippen molar-refractivity contribution in [3.05, 3.63) is 78.9 Å². The lowest BCUT2D eigenvalue weighted by atomic mass is 9.97. The molecule has 0 aliphatic heterocycles. The van der Waals surface area contributed by atoms with Gasteiger partial charge < -0.3 is 4.57 Å². The van der Waals surface area contributed by atoms with Crippen molar-refractivity contribution >= 4 is 43.7 Å². The maximum absolute atomic E-state index is 13.1. The molecule has 5 nitrogen and oxygen atoms in total. The molecule has 5 rings (SSSR count). The van der Waals surface area contributed by atoms with E-state index in [0.29, 0.717) is 0 Å². The summed E-state index contributed by atoms with van der Waals surface area (Å²) < 4.78 is 4.59. The van der Waals surface area contributed by atoms with Crippen LogP contribution in [-0.4, -0.2) is 20.4 Å². The van der Waals surface area contributed by atoms with E-state index < -0.39 is 0 Å². The van der Waals surface area contributed by atoms with Gasteiger partial charge in [0, 0.05) is 32.0 Å². The number of fused-ring (bicyclic) bond motifs is 3. The van der Waals surface area contributed by atoms with Crippen LogP contribution in [0.3, 0.4) is 0 Å². The third-order valence-electron chi connectivity index (χ3n) is 5.72. The largest absolute Gasteiger partial charge is 0.318 e. The second-order valence-electron chi connectivity index (χ2n) is 7.67. The monoisotopic (exact) mass is 480 g/mol. The van der Waals surface area contributed by atoms with Crippen LogP contribution < -0.4 is 5.56 Å². The summed E-state index contributed by atoms with van der Waals surface area (Å²) in [7, 11) is 0. The number of nitrogens with zero attached hydrogens (tertiary/aromatic N) is 4. The van der Waals surface area contributed by atoms with Gasteiger partial charge in [0.2, 0.25) is 0 Å². The van der Waals surface area contributed by atoms with Gasteiger partial charge in [0.25, 0.3) is 5.56 Å². The van der Waals surface area contributed by atoms with Crippen LogP contribution in [0.2, 0.25) is 0 Å². The average Bonchev–Trinajstić information content (AvgIpc) is 3.24. The molecule has 0 fully saturated rings. The minimum Gasteiger partial charge on any atom is -0.318 e. The number of aromatic nitrogens is 3. The number of hydrogen-bond acceptors (Lipinski definition) is 4. The zero-order valence-corrected chi connectivity index (χ0v) is 19.3. The van der Waals surface area contributed by atoms with Crippen molar-refractivity contribution in [2.75, 3.05) is 0 Å². The van der Waals surface area contributed by atoms with E-state index in [1.54, 1.807) is 17.6 Å². The number of halogens is 1. The molecular weight excluding hydrogens is 460 g/mol. The van der Waals surface area contributed by atoms with Crippen molar-refractivity contribution in [3.8, 4) is 5.69 Å². The Balaban J connectivity index is 1.55. The minimum absolute atomic E-state index is 0.0727. The molecule has 1 aliphatic carbocycles. The Kier molecular flexibility index (Phi) is 4.95. The topological polar surface area (TPSA) is 52.2 Å². The summed E-state index contributed by atoms with van der Waals surface area (Å²) in [5.41, 5.74) is 5.37. The second kappa shape index (κ2) is 7.63. The maximum atomic E-state index is 13.1. The summed E-state index contributed by atoms with van der Waals surface area (Å²) in [4.78, 5) is 19.8. The molecule has 0 bridgehead atoms. The summed E-state index contributed by atoms with van der Waals surface area (Å²) >= 11 is 5.20. The molecule has 7 heteroatoms. The highest BCUT2D eigenvalue weighted by Gasteiger charge is 2.20. The van der Waals surface area contributed by atoms with E-state index in [9.17, 15) is 4.79 Å². The van der Waals surface area contributed by atoms with Crippen LogP contribution in [0.4, 0.5) is 0 Å². The minimum atomic E-state index is -0.0727. The molecule has 152 valence electrons. The van der Waals surface area contributed by atoms with Crippen molar-refractivity contribution in [1.82, 2.24) is 14.2 Å². The smallest absolute Gasteiger partial charge is 0.282 e. The van der Waals surface area contributed by atoms with Gasteiger partial charge in [-0.05, 0) is 69.4 Å². The Morgan fingerprint density at radius 1 is 1.20 bits per heavy atom. The first kappa shape index (κ1) is 19.5. The normalized spacial score (nSPS) is 14.0. The Bertz CT molecular complexity index is 1360. The molecule has 0 spiro atoms. The second-order valence-corrected chi connectivity index (χ2v) is 9.67. The van der Waals surface area contributed by atoms with Crippen LogP contribution in [0.15, 0.2) is 51.0 Å². The fraction of sp³-hybridized carbons (Fsp3) is 0.261. The van der Waals surface area contributed by atoms with E-state index in [0.717, 1.165) is 56.6 Å². The molecule has 3 heterocycles. The zero-order chi connectivity index (χ0) is 20.8. The molecule has 30 heavy (non-hydrogen) atoms. The van der Waals surface area contributed by atoms with Crippen molar-refractivity contribution in [3.63, 3.8) is 0 Å². The summed E-state index contributed by atoms with van der Waals surface area (Å²) in [6.07, 6.45) is 7.65. The molecule has 1 aliphatic rings. The SMILES string of the molecule is Cc1cc(/C=N/n2cnc3sc4c(c3c2=O)CCCC4)c(C)n1-c1cccc(Br)c1.